The lowest BCUT2D eigenvalue weighted by molar-refractivity contribution is -0.119. The van der Waals surface area contributed by atoms with Gasteiger partial charge < -0.3 is 5.32 Å². The van der Waals surface area contributed by atoms with Gasteiger partial charge in [0.2, 0.25) is 15.9 Å². The van der Waals surface area contributed by atoms with Gasteiger partial charge in [-0.3, -0.25) is 4.79 Å². The first-order valence-electron chi connectivity index (χ1n) is 9.13. The Morgan fingerprint density at radius 2 is 1.88 bits per heavy atom. The predicted octanol–water partition coefficient (Wildman–Crippen LogP) is 3.46. The normalized spacial score (nSPS) is 24.8. The summed E-state index contributed by atoms with van der Waals surface area (Å²) in [7, 11) is -3.53. The monoisotopic (exact) mass is 440 g/mol. The zero-order valence-corrected chi connectivity index (χ0v) is 17.4. The third-order valence-corrected chi connectivity index (χ3v) is 7.75. The molecule has 1 aromatic carbocycles. The second kappa shape index (κ2) is 8.23. The maximum Gasteiger partial charge on any atom is 0.247 e. The number of hydrogen-bond donors (Lipinski definition) is 1. The number of carbonyl (C=O) groups is 1. The van der Waals surface area contributed by atoms with E-state index in [-0.39, 0.29) is 23.4 Å². The standard InChI is InChI=1S/C19H25BrN2O3S/c1-14-4-2-3-5-18(14)21-19(23)15-10-12-22(13-11-15)26(24,25)17-8-6-16(20)7-9-17/h6-10,14,18H,2-5,11-13H2,1H3,(H,21,23)/t14-,18-/m0/s1. The fraction of sp³-hybridized carbons (Fsp3) is 0.526. The topological polar surface area (TPSA) is 66.5 Å². The van der Waals surface area contributed by atoms with Crippen molar-refractivity contribution in [3.8, 4) is 0 Å². The highest BCUT2D eigenvalue weighted by molar-refractivity contribution is 9.10. The first-order valence-corrected chi connectivity index (χ1v) is 11.4. The van der Waals surface area contributed by atoms with Crippen molar-refractivity contribution in [2.45, 2.75) is 50.0 Å². The maximum atomic E-state index is 12.7. The van der Waals surface area contributed by atoms with Crippen LogP contribution in [0.1, 0.15) is 39.0 Å². The summed E-state index contributed by atoms with van der Waals surface area (Å²) in [6.45, 7) is 2.76. The van der Waals surface area contributed by atoms with Crippen molar-refractivity contribution < 1.29 is 13.2 Å². The van der Waals surface area contributed by atoms with E-state index in [9.17, 15) is 13.2 Å². The van der Waals surface area contributed by atoms with Gasteiger partial charge in [-0.25, -0.2) is 8.42 Å². The second-order valence-corrected chi connectivity index (χ2v) is 9.99. The van der Waals surface area contributed by atoms with Crippen LogP contribution in [0.2, 0.25) is 0 Å². The van der Waals surface area contributed by atoms with Crippen LogP contribution in [0, 0.1) is 5.92 Å². The van der Waals surface area contributed by atoms with Gasteiger partial charge in [-0.2, -0.15) is 4.31 Å². The molecule has 7 heteroatoms. The molecule has 2 aliphatic rings. The molecular formula is C19H25BrN2O3S. The molecule has 0 aromatic heterocycles. The van der Waals surface area contributed by atoms with Crippen molar-refractivity contribution in [1.29, 1.82) is 0 Å². The van der Waals surface area contributed by atoms with E-state index >= 15 is 0 Å². The van der Waals surface area contributed by atoms with E-state index in [1.807, 2.05) is 0 Å². The minimum absolute atomic E-state index is 0.0376. The SMILES string of the molecule is C[C@H]1CCCC[C@@H]1NC(=O)C1=CCN(S(=O)(=O)c2ccc(Br)cc2)CC1. The minimum atomic E-state index is -3.53. The highest BCUT2D eigenvalue weighted by Gasteiger charge is 2.29. The maximum absolute atomic E-state index is 12.7. The van der Waals surface area contributed by atoms with Gasteiger partial charge in [-0.05, 0) is 49.4 Å². The number of carbonyl (C=O) groups excluding carboxylic acids is 1. The Kier molecular flexibility index (Phi) is 6.20. The third-order valence-electron chi connectivity index (χ3n) is 5.34. The average molecular weight is 441 g/mol. The van der Waals surface area contributed by atoms with Gasteiger partial charge >= 0.3 is 0 Å². The quantitative estimate of drug-likeness (QED) is 0.778. The fourth-order valence-electron chi connectivity index (χ4n) is 3.62. The van der Waals surface area contributed by atoms with Gasteiger partial charge in [0.15, 0.2) is 0 Å². The Morgan fingerprint density at radius 3 is 2.50 bits per heavy atom. The highest BCUT2D eigenvalue weighted by atomic mass is 79.9. The summed E-state index contributed by atoms with van der Waals surface area (Å²) in [5, 5.41) is 3.15. The average Bonchev–Trinajstić information content (AvgIpc) is 2.64. The lowest BCUT2D eigenvalue weighted by Gasteiger charge is -2.31. The van der Waals surface area contributed by atoms with E-state index in [4.69, 9.17) is 0 Å². The summed E-state index contributed by atoms with van der Waals surface area (Å²) in [6, 6.07) is 6.86. The molecule has 0 radical (unpaired) electrons. The summed E-state index contributed by atoms with van der Waals surface area (Å²) in [4.78, 5) is 12.8. The van der Waals surface area contributed by atoms with Crippen LogP contribution in [0.4, 0.5) is 0 Å². The van der Waals surface area contributed by atoms with E-state index < -0.39 is 10.0 Å². The Morgan fingerprint density at radius 1 is 1.19 bits per heavy atom. The second-order valence-electron chi connectivity index (χ2n) is 7.14. The number of hydrogen-bond acceptors (Lipinski definition) is 3. The molecule has 0 spiro atoms. The Labute approximate surface area is 164 Å². The number of sulfonamides is 1. The van der Waals surface area contributed by atoms with Crippen LogP contribution < -0.4 is 5.32 Å². The summed E-state index contributed by atoms with van der Waals surface area (Å²) in [5.41, 5.74) is 0.699. The van der Waals surface area contributed by atoms with Crippen LogP contribution in [0.25, 0.3) is 0 Å². The van der Waals surface area contributed by atoms with Crippen LogP contribution in [0.5, 0.6) is 0 Å². The summed E-state index contributed by atoms with van der Waals surface area (Å²) >= 11 is 3.31. The zero-order chi connectivity index (χ0) is 18.7. The molecule has 1 amide bonds. The number of rotatable bonds is 4. The Hall–Kier alpha value is -1.18. The van der Waals surface area contributed by atoms with E-state index in [1.165, 1.54) is 10.7 Å². The van der Waals surface area contributed by atoms with E-state index in [0.29, 0.717) is 24.5 Å². The molecule has 1 saturated carbocycles. The van der Waals surface area contributed by atoms with Crippen LogP contribution in [-0.4, -0.2) is 37.8 Å². The van der Waals surface area contributed by atoms with Gasteiger partial charge in [-0.1, -0.05) is 41.8 Å². The molecule has 142 valence electrons. The number of nitrogens with one attached hydrogen (secondary N) is 1. The fourth-order valence-corrected chi connectivity index (χ4v) is 5.27. The number of benzene rings is 1. The highest BCUT2D eigenvalue weighted by Crippen LogP contribution is 2.25. The lowest BCUT2D eigenvalue weighted by Crippen LogP contribution is -2.43. The summed E-state index contributed by atoms with van der Waals surface area (Å²) in [5.74, 6) is 0.468. The molecular weight excluding hydrogens is 416 g/mol. The molecule has 5 nitrogen and oxygen atoms in total. The molecule has 3 rings (SSSR count). The molecule has 2 atom stereocenters. The molecule has 0 unspecified atom stereocenters. The summed E-state index contributed by atoms with van der Waals surface area (Å²) in [6.07, 6.45) is 6.78. The summed E-state index contributed by atoms with van der Waals surface area (Å²) < 4.78 is 27.7. The first kappa shape index (κ1) is 19.6. The van der Waals surface area contributed by atoms with Crippen molar-refractivity contribution in [3.05, 3.63) is 40.4 Å². The molecule has 1 heterocycles. The number of amides is 1. The van der Waals surface area contributed by atoms with Crippen LogP contribution >= 0.6 is 15.9 Å². The molecule has 1 N–H and O–H groups in total. The first-order chi connectivity index (χ1) is 12.4. The molecule has 1 aromatic rings. The van der Waals surface area contributed by atoms with Crippen molar-refractivity contribution in [3.63, 3.8) is 0 Å². The Balaban J connectivity index is 1.64. The predicted molar refractivity (Wildman–Crippen MR) is 105 cm³/mol. The molecule has 0 bridgehead atoms. The number of nitrogens with zero attached hydrogens (tertiary/aromatic N) is 1. The Bertz CT molecular complexity index is 790. The minimum Gasteiger partial charge on any atom is -0.349 e. The largest absolute Gasteiger partial charge is 0.349 e. The van der Waals surface area contributed by atoms with Crippen LogP contribution in [0.3, 0.4) is 0 Å². The molecule has 1 aliphatic carbocycles. The molecule has 1 fully saturated rings. The molecule has 0 saturated heterocycles. The van der Waals surface area contributed by atoms with Gasteiger partial charge in [-0.15, -0.1) is 0 Å². The van der Waals surface area contributed by atoms with Crippen LogP contribution in [-0.2, 0) is 14.8 Å². The van der Waals surface area contributed by atoms with E-state index in [1.54, 1.807) is 30.3 Å². The lowest BCUT2D eigenvalue weighted by atomic mass is 9.85. The van der Waals surface area contributed by atoms with Crippen molar-refractivity contribution in [1.82, 2.24) is 9.62 Å². The van der Waals surface area contributed by atoms with Crippen molar-refractivity contribution in [2.75, 3.05) is 13.1 Å². The van der Waals surface area contributed by atoms with E-state index in [0.717, 1.165) is 23.7 Å². The van der Waals surface area contributed by atoms with Crippen molar-refractivity contribution >= 4 is 31.9 Å². The van der Waals surface area contributed by atoms with Crippen molar-refractivity contribution in [2.24, 2.45) is 5.92 Å². The zero-order valence-electron chi connectivity index (χ0n) is 14.9. The van der Waals surface area contributed by atoms with E-state index in [2.05, 4.69) is 28.2 Å². The molecule has 1 aliphatic heterocycles. The third kappa shape index (κ3) is 4.38. The van der Waals surface area contributed by atoms with Gasteiger partial charge in [0, 0.05) is 29.2 Å². The van der Waals surface area contributed by atoms with Gasteiger partial charge in [0.25, 0.3) is 0 Å². The molecule has 26 heavy (non-hydrogen) atoms. The van der Waals surface area contributed by atoms with Gasteiger partial charge in [0.05, 0.1) is 4.90 Å². The van der Waals surface area contributed by atoms with Crippen LogP contribution in [0.15, 0.2) is 45.3 Å². The van der Waals surface area contributed by atoms with Gasteiger partial charge in [0.1, 0.15) is 0 Å². The number of halogens is 1. The smallest absolute Gasteiger partial charge is 0.247 e.